The second kappa shape index (κ2) is 8.19. The summed E-state index contributed by atoms with van der Waals surface area (Å²) in [5.74, 6) is 2.34. The maximum absolute atomic E-state index is 12.5. The Morgan fingerprint density at radius 3 is 2.86 bits per heavy atom. The summed E-state index contributed by atoms with van der Waals surface area (Å²) in [5.41, 5.74) is 1.24. The topological polar surface area (TPSA) is 66.3 Å². The Kier molecular flexibility index (Phi) is 5.66. The molecule has 150 valence electrons. The second-order valence-electron chi connectivity index (χ2n) is 8.16. The zero-order valence-electron chi connectivity index (χ0n) is 16.4. The van der Waals surface area contributed by atoms with E-state index in [4.69, 9.17) is 11.6 Å². The van der Waals surface area contributed by atoms with E-state index in [1.165, 1.54) is 5.56 Å². The zero-order chi connectivity index (χ0) is 19.7. The van der Waals surface area contributed by atoms with Crippen LogP contribution in [-0.4, -0.2) is 70.7 Å². The van der Waals surface area contributed by atoms with Crippen molar-refractivity contribution in [1.82, 2.24) is 29.9 Å². The minimum atomic E-state index is -0.132. The van der Waals surface area contributed by atoms with Gasteiger partial charge in [0, 0.05) is 50.7 Å². The molecule has 1 fully saturated rings. The summed E-state index contributed by atoms with van der Waals surface area (Å²) in [4.78, 5) is 17.0. The first-order chi connectivity index (χ1) is 13.5. The fourth-order valence-corrected chi connectivity index (χ4v) is 4.50. The average Bonchev–Trinajstić information content (AvgIpc) is 3.21. The lowest BCUT2D eigenvalue weighted by Crippen LogP contribution is -2.35. The number of carbonyl (C=O) groups excluding carboxylic acids is 1. The first kappa shape index (κ1) is 19.4. The molecule has 1 aromatic heterocycles. The Bertz CT molecular complexity index is 851. The fourth-order valence-electron chi connectivity index (χ4n) is 4.28. The standard InChI is InChI=1S/C20H27ClN6O/c1-25(2)7-6-22-20(28)19-24-23-18-9-15-11-26(12-16(15)13-27(18)19)10-14-4-3-5-17(21)8-14/h3-5,8,15-16H,6-7,9-13H2,1-2H3,(H,22,28)/t15-,16-/m0/s1. The largest absolute Gasteiger partial charge is 0.348 e. The van der Waals surface area contributed by atoms with Crippen LogP contribution in [0.3, 0.4) is 0 Å². The first-order valence-electron chi connectivity index (χ1n) is 9.81. The van der Waals surface area contributed by atoms with Crippen LogP contribution in [0.15, 0.2) is 24.3 Å². The average molecular weight is 403 g/mol. The van der Waals surface area contributed by atoms with Crippen molar-refractivity contribution in [1.29, 1.82) is 0 Å². The normalized spacial score (nSPS) is 21.6. The molecule has 1 amide bonds. The van der Waals surface area contributed by atoms with Gasteiger partial charge in [-0.15, -0.1) is 10.2 Å². The van der Waals surface area contributed by atoms with E-state index in [0.717, 1.165) is 50.0 Å². The van der Waals surface area contributed by atoms with Crippen molar-refractivity contribution in [2.45, 2.75) is 19.5 Å². The van der Waals surface area contributed by atoms with Gasteiger partial charge in [0.1, 0.15) is 5.82 Å². The molecule has 0 spiro atoms. The number of fused-ring (bicyclic) bond motifs is 2. The lowest BCUT2D eigenvalue weighted by molar-refractivity contribution is 0.0932. The summed E-state index contributed by atoms with van der Waals surface area (Å²) >= 11 is 6.12. The van der Waals surface area contributed by atoms with Gasteiger partial charge in [0.25, 0.3) is 5.91 Å². The number of likely N-dealkylation sites (N-methyl/N-ethyl adjacent to an activating group) is 1. The SMILES string of the molecule is CN(C)CCNC(=O)c1nnc2n1C[C@@H]1CN(Cc3cccc(Cl)c3)C[C@@H]1C2. The van der Waals surface area contributed by atoms with Crippen LogP contribution in [0.4, 0.5) is 0 Å². The highest BCUT2D eigenvalue weighted by molar-refractivity contribution is 6.30. The molecule has 7 nitrogen and oxygen atoms in total. The summed E-state index contributed by atoms with van der Waals surface area (Å²) in [5, 5.41) is 12.2. The molecular weight excluding hydrogens is 376 g/mol. The van der Waals surface area contributed by atoms with E-state index in [1.807, 2.05) is 41.8 Å². The zero-order valence-corrected chi connectivity index (χ0v) is 17.2. The van der Waals surface area contributed by atoms with Gasteiger partial charge in [-0.3, -0.25) is 9.69 Å². The highest BCUT2D eigenvalue weighted by Crippen LogP contribution is 2.33. The van der Waals surface area contributed by atoms with Gasteiger partial charge in [-0.05, 0) is 43.6 Å². The molecule has 2 aliphatic heterocycles. The van der Waals surface area contributed by atoms with Crippen LogP contribution >= 0.6 is 11.6 Å². The smallest absolute Gasteiger partial charge is 0.289 e. The van der Waals surface area contributed by atoms with Crippen molar-refractivity contribution in [3.63, 3.8) is 0 Å². The maximum Gasteiger partial charge on any atom is 0.289 e. The van der Waals surface area contributed by atoms with Crippen molar-refractivity contribution >= 4 is 17.5 Å². The third kappa shape index (κ3) is 4.21. The number of hydrogen-bond donors (Lipinski definition) is 1. The van der Waals surface area contributed by atoms with E-state index in [2.05, 4.69) is 26.5 Å². The van der Waals surface area contributed by atoms with E-state index in [-0.39, 0.29) is 5.91 Å². The molecule has 8 heteroatoms. The Balaban J connectivity index is 1.39. The summed E-state index contributed by atoms with van der Waals surface area (Å²) in [6, 6.07) is 8.07. The Morgan fingerprint density at radius 1 is 1.25 bits per heavy atom. The number of aromatic nitrogens is 3. The third-order valence-electron chi connectivity index (χ3n) is 5.68. The number of nitrogens with one attached hydrogen (secondary N) is 1. The van der Waals surface area contributed by atoms with Crippen LogP contribution in [-0.2, 0) is 19.5 Å². The highest BCUT2D eigenvalue weighted by Gasteiger charge is 2.39. The molecule has 4 rings (SSSR count). The van der Waals surface area contributed by atoms with Gasteiger partial charge in [-0.2, -0.15) is 0 Å². The lowest BCUT2D eigenvalue weighted by Gasteiger charge is -2.25. The van der Waals surface area contributed by atoms with Gasteiger partial charge in [0.05, 0.1) is 0 Å². The molecule has 0 aliphatic carbocycles. The van der Waals surface area contributed by atoms with Crippen molar-refractivity contribution in [2.75, 3.05) is 40.3 Å². The van der Waals surface area contributed by atoms with Crippen molar-refractivity contribution in [3.05, 3.63) is 46.5 Å². The molecule has 1 N–H and O–H groups in total. The van der Waals surface area contributed by atoms with E-state index < -0.39 is 0 Å². The minimum Gasteiger partial charge on any atom is -0.348 e. The number of amides is 1. The number of benzene rings is 1. The van der Waals surface area contributed by atoms with E-state index >= 15 is 0 Å². The summed E-state index contributed by atoms with van der Waals surface area (Å²) in [6.45, 7) is 5.20. The lowest BCUT2D eigenvalue weighted by atomic mass is 9.89. The predicted molar refractivity (Wildman–Crippen MR) is 108 cm³/mol. The molecule has 0 radical (unpaired) electrons. The summed E-state index contributed by atoms with van der Waals surface area (Å²) < 4.78 is 2.02. The Labute approximate surface area is 170 Å². The van der Waals surface area contributed by atoms with Crippen LogP contribution in [0.25, 0.3) is 0 Å². The molecule has 28 heavy (non-hydrogen) atoms. The minimum absolute atomic E-state index is 0.132. The molecule has 1 saturated heterocycles. The number of likely N-dealkylation sites (tertiary alicyclic amines) is 1. The molecule has 2 aromatic rings. The maximum atomic E-state index is 12.5. The van der Waals surface area contributed by atoms with Gasteiger partial charge in [-0.1, -0.05) is 23.7 Å². The van der Waals surface area contributed by atoms with Gasteiger partial charge >= 0.3 is 0 Å². The number of rotatable bonds is 6. The van der Waals surface area contributed by atoms with Crippen LogP contribution in [0, 0.1) is 11.8 Å². The second-order valence-corrected chi connectivity index (χ2v) is 8.59. The number of nitrogens with zero attached hydrogens (tertiary/aromatic N) is 5. The fraction of sp³-hybridized carbons (Fsp3) is 0.550. The van der Waals surface area contributed by atoms with Crippen LogP contribution in [0.1, 0.15) is 22.0 Å². The number of halogens is 1. The molecule has 0 unspecified atom stereocenters. The summed E-state index contributed by atoms with van der Waals surface area (Å²) in [6.07, 6.45) is 0.884. The molecule has 1 aromatic carbocycles. The molecule has 2 atom stereocenters. The van der Waals surface area contributed by atoms with Gasteiger partial charge in [0.2, 0.25) is 5.82 Å². The molecule has 3 heterocycles. The van der Waals surface area contributed by atoms with Crippen LogP contribution in [0.5, 0.6) is 0 Å². The predicted octanol–water partition coefficient (Wildman–Crippen LogP) is 1.53. The monoisotopic (exact) mass is 402 g/mol. The first-order valence-corrected chi connectivity index (χ1v) is 10.2. The van der Waals surface area contributed by atoms with E-state index in [1.54, 1.807) is 0 Å². The van der Waals surface area contributed by atoms with E-state index in [9.17, 15) is 4.79 Å². The van der Waals surface area contributed by atoms with Crippen LogP contribution in [0.2, 0.25) is 5.02 Å². The van der Waals surface area contributed by atoms with Crippen molar-refractivity contribution < 1.29 is 4.79 Å². The molecular formula is C20H27ClN6O. The Morgan fingerprint density at radius 2 is 2.07 bits per heavy atom. The molecule has 2 aliphatic rings. The highest BCUT2D eigenvalue weighted by atomic mass is 35.5. The Hall–Kier alpha value is -1.96. The van der Waals surface area contributed by atoms with Crippen molar-refractivity contribution in [3.8, 4) is 0 Å². The third-order valence-corrected chi connectivity index (χ3v) is 5.92. The van der Waals surface area contributed by atoms with Gasteiger partial charge in [-0.25, -0.2) is 0 Å². The molecule has 0 saturated carbocycles. The van der Waals surface area contributed by atoms with Gasteiger partial charge in [0.15, 0.2) is 0 Å². The quantitative estimate of drug-likeness (QED) is 0.793. The van der Waals surface area contributed by atoms with Crippen LogP contribution < -0.4 is 5.32 Å². The summed E-state index contributed by atoms with van der Waals surface area (Å²) in [7, 11) is 3.97. The van der Waals surface area contributed by atoms with E-state index in [0.29, 0.717) is 24.2 Å². The molecule has 0 bridgehead atoms. The van der Waals surface area contributed by atoms with Gasteiger partial charge < -0.3 is 14.8 Å². The number of hydrogen-bond acceptors (Lipinski definition) is 5. The number of carbonyl (C=O) groups is 1. The van der Waals surface area contributed by atoms with Crippen molar-refractivity contribution in [2.24, 2.45) is 11.8 Å².